The highest BCUT2D eigenvalue weighted by molar-refractivity contribution is 8.00. The van der Waals surface area contributed by atoms with Gasteiger partial charge in [-0.05, 0) is 11.1 Å². The lowest BCUT2D eigenvalue weighted by Gasteiger charge is -2.42. The van der Waals surface area contributed by atoms with Crippen LogP contribution in [0.2, 0.25) is 0 Å². The number of carbonyl (C=O) groups is 3. The Morgan fingerprint density at radius 2 is 1.76 bits per heavy atom. The van der Waals surface area contributed by atoms with Crippen molar-refractivity contribution in [2.75, 3.05) is 12.9 Å². The number of fused-ring (bicyclic) bond motifs is 1. The number of esters is 3. The van der Waals surface area contributed by atoms with Crippen molar-refractivity contribution >= 4 is 29.7 Å². The maximum absolute atomic E-state index is 12.8. The van der Waals surface area contributed by atoms with Gasteiger partial charge >= 0.3 is 17.9 Å². The highest BCUT2D eigenvalue weighted by Crippen LogP contribution is 2.61. The molecule has 8 heteroatoms. The fourth-order valence-corrected chi connectivity index (χ4v) is 4.62. The van der Waals surface area contributed by atoms with E-state index in [9.17, 15) is 19.5 Å². The average molecular weight is 366 g/mol. The van der Waals surface area contributed by atoms with Gasteiger partial charge in [0.05, 0.1) is 18.1 Å². The fraction of sp³-hybridized carbons (Fsp3) is 0.471. The van der Waals surface area contributed by atoms with E-state index < -0.39 is 40.5 Å². The van der Waals surface area contributed by atoms with Crippen molar-refractivity contribution in [2.24, 2.45) is 5.41 Å². The zero-order valence-corrected chi connectivity index (χ0v) is 14.8. The molecule has 25 heavy (non-hydrogen) atoms. The van der Waals surface area contributed by atoms with Gasteiger partial charge in [0.2, 0.25) is 5.41 Å². The number of ether oxygens (including phenoxy) is 3. The predicted molar refractivity (Wildman–Crippen MR) is 87.3 cm³/mol. The number of cyclic esters (lactones) is 2. The van der Waals surface area contributed by atoms with Crippen molar-refractivity contribution in [1.82, 2.24) is 0 Å². The predicted octanol–water partition coefficient (Wildman–Crippen LogP) is 1.50. The van der Waals surface area contributed by atoms with Gasteiger partial charge in [-0.1, -0.05) is 24.3 Å². The molecular weight excluding hydrogens is 348 g/mol. The van der Waals surface area contributed by atoms with Crippen LogP contribution in [0.15, 0.2) is 24.3 Å². The first-order valence-corrected chi connectivity index (χ1v) is 8.71. The number of hydrogen-bond donors (Lipinski definition) is 1. The molecule has 1 N–H and O–H groups in total. The van der Waals surface area contributed by atoms with E-state index in [1.54, 1.807) is 24.3 Å². The van der Waals surface area contributed by atoms with Gasteiger partial charge in [0.25, 0.3) is 5.79 Å². The summed E-state index contributed by atoms with van der Waals surface area (Å²) in [4.78, 5) is 37.2. The topological polar surface area (TPSA) is 99.1 Å². The lowest BCUT2D eigenvalue weighted by Crippen LogP contribution is -2.56. The molecule has 2 atom stereocenters. The van der Waals surface area contributed by atoms with E-state index in [1.165, 1.54) is 21.0 Å². The summed E-state index contributed by atoms with van der Waals surface area (Å²) in [6.45, 7) is 2.89. The molecule has 0 amide bonds. The second-order valence-electron chi connectivity index (χ2n) is 6.35. The molecule has 1 aliphatic carbocycles. The van der Waals surface area contributed by atoms with Crippen molar-refractivity contribution in [3.63, 3.8) is 0 Å². The normalized spacial score (nSPS) is 25.9. The molecule has 3 rings (SSSR count). The monoisotopic (exact) mass is 366 g/mol. The Bertz CT molecular complexity index is 722. The van der Waals surface area contributed by atoms with Crippen LogP contribution >= 0.6 is 11.8 Å². The van der Waals surface area contributed by atoms with Crippen molar-refractivity contribution in [1.29, 1.82) is 0 Å². The maximum Gasteiger partial charge on any atom is 0.331 e. The molecule has 1 saturated heterocycles. The Kier molecular flexibility index (Phi) is 4.28. The molecule has 1 heterocycles. The zero-order valence-electron chi connectivity index (χ0n) is 14.0. The van der Waals surface area contributed by atoms with Gasteiger partial charge < -0.3 is 19.3 Å². The number of benzene rings is 1. The summed E-state index contributed by atoms with van der Waals surface area (Å²) in [5.74, 6) is -3.73. The van der Waals surface area contributed by atoms with E-state index >= 15 is 0 Å². The molecule has 1 aromatic rings. The fourth-order valence-electron chi connectivity index (χ4n) is 3.22. The smallest absolute Gasteiger partial charge is 0.331 e. The summed E-state index contributed by atoms with van der Waals surface area (Å²) < 4.78 is 15.2. The van der Waals surface area contributed by atoms with Gasteiger partial charge in [-0.3, -0.25) is 14.4 Å². The standard InChI is InChI=1S/C17H18O7S/c1-16(2)23-14(20)17(15(21)24-16)12(19)9-6-4-5-7-10(9)13(17)25-8-11(18)22-3/h4-7,12-13,19H,8H2,1-3H3/t12-,13+/m1/s1. The molecule has 0 radical (unpaired) electrons. The van der Waals surface area contributed by atoms with Crippen molar-refractivity contribution in [3.05, 3.63) is 35.4 Å². The Hall–Kier alpha value is -2.06. The van der Waals surface area contributed by atoms with E-state index in [0.29, 0.717) is 11.1 Å². The average Bonchev–Trinajstić information content (AvgIpc) is 2.80. The number of aliphatic hydroxyl groups is 1. The minimum absolute atomic E-state index is 0.0894. The number of methoxy groups -OCH3 is 1. The third kappa shape index (κ3) is 2.60. The van der Waals surface area contributed by atoms with Gasteiger partial charge in [0.1, 0.15) is 6.10 Å². The van der Waals surface area contributed by atoms with Crippen molar-refractivity contribution in [3.8, 4) is 0 Å². The molecule has 0 unspecified atom stereocenters. The Balaban J connectivity index is 2.08. The second-order valence-corrected chi connectivity index (χ2v) is 7.44. The van der Waals surface area contributed by atoms with Gasteiger partial charge in [0.15, 0.2) is 0 Å². The first-order valence-electron chi connectivity index (χ1n) is 7.66. The van der Waals surface area contributed by atoms with Crippen LogP contribution in [0.5, 0.6) is 0 Å². The third-order valence-electron chi connectivity index (χ3n) is 4.37. The minimum atomic E-state index is -1.95. The molecule has 1 spiro atoms. The Labute approximate surface area is 148 Å². The SMILES string of the molecule is COC(=O)CS[C@H]1c2ccccc2[C@@H](O)C12C(=O)OC(C)(C)OC2=O. The molecule has 1 fully saturated rings. The third-order valence-corrected chi connectivity index (χ3v) is 5.73. The largest absolute Gasteiger partial charge is 0.468 e. The van der Waals surface area contributed by atoms with Gasteiger partial charge in [0, 0.05) is 13.8 Å². The molecule has 134 valence electrons. The van der Waals surface area contributed by atoms with Crippen molar-refractivity contribution < 1.29 is 33.7 Å². The molecule has 2 aliphatic rings. The van der Waals surface area contributed by atoms with Crippen LogP contribution in [0, 0.1) is 5.41 Å². The summed E-state index contributed by atoms with van der Waals surface area (Å²) in [5, 5.41) is 10.0. The summed E-state index contributed by atoms with van der Waals surface area (Å²) in [7, 11) is 1.25. The molecule has 1 aromatic carbocycles. The van der Waals surface area contributed by atoms with Crippen LogP contribution in [0.4, 0.5) is 0 Å². The quantitative estimate of drug-likeness (QED) is 0.635. The lowest BCUT2D eigenvalue weighted by atomic mass is 9.81. The van der Waals surface area contributed by atoms with Crippen LogP contribution in [-0.2, 0) is 28.6 Å². The van der Waals surface area contributed by atoms with Gasteiger partial charge in [-0.25, -0.2) is 0 Å². The van der Waals surface area contributed by atoms with Crippen LogP contribution in [0.25, 0.3) is 0 Å². The molecule has 0 saturated carbocycles. The molecule has 7 nitrogen and oxygen atoms in total. The minimum Gasteiger partial charge on any atom is -0.468 e. The molecule has 1 aliphatic heterocycles. The Morgan fingerprint density at radius 3 is 2.32 bits per heavy atom. The van der Waals surface area contributed by atoms with Crippen LogP contribution in [-0.4, -0.2) is 41.7 Å². The Morgan fingerprint density at radius 1 is 1.20 bits per heavy atom. The summed E-state index contributed by atoms with van der Waals surface area (Å²) in [5.41, 5.74) is -0.909. The lowest BCUT2D eigenvalue weighted by molar-refractivity contribution is -0.257. The summed E-state index contributed by atoms with van der Waals surface area (Å²) in [6.07, 6.45) is -1.42. The maximum atomic E-state index is 12.8. The number of aliphatic hydroxyl groups excluding tert-OH is 1. The number of carbonyl (C=O) groups excluding carboxylic acids is 3. The summed E-state index contributed by atoms with van der Waals surface area (Å²) in [6, 6.07) is 6.79. The number of rotatable bonds is 3. The van der Waals surface area contributed by atoms with E-state index in [2.05, 4.69) is 4.74 Å². The van der Waals surface area contributed by atoms with E-state index in [4.69, 9.17) is 9.47 Å². The number of hydrogen-bond acceptors (Lipinski definition) is 8. The molecule has 0 bridgehead atoms. The van der Waals surface area contributed by atoms with E-state index in [-0.39, 0.29) is 5.75 Å². The van der Waals surface area contributed by atoms with Crippen molar-refractivity contribution in [2.45, 2.75) is 31.0 Å². The van der Waals surface area contributed by atoms with Gasteiger partial charge in [-0.15, -0.1) is 11.8 Å². The van der Waals surface area contributed by atoms with E-state index in [0.717, 1.165) is 11.8 Å². The van der Waals surface area contributed by atoms with Crippen LogP contribution in [0.3, 0.4) is 0 Å². The second kappa shape index (κ2) is 6.03. The summed E-state index contributed by atoms with van der Waals surface area (Å²) >= 11 is 1.04. The highest BCUT2D eigenvalue weighted by Gasteiger charge is 2.69. The van der Waals surface area contributed by atoms with Crippen LogP contribution < -0.4 is 0 Å². The van der Waals surface area contributed by atoms with E-state index in [1.807, 2.05) is 0 Å². The zero-order chi connectivity index (χ0) is 18.4. The highest BCUT2D eigenvalue weighted by atomic mass is 32.2. The number of thioether (sulfide) groups is 1. The van der Waals surface area contributed by atoms with Gasteiger partial charge in [-0.2, -0.15) is 0 Å². The van der Waals surface area contributed by atoms with Crippen LogP contribution in [0.1, 0.15) is 36.3 Å². The molecular formula is C17H18O7S. The first-order chi connectivity index (χ1) is 11.7. The molecule has 0 aromatic heterocycles. The first kappa shape index (κ1) is 17.8.